The van der Waals surface area contributed by atoms with Crippen molar-refractivity contribution in [2.24, 2.45) is 7.05 Å². The van der Waals surface area contributed by atoms with Crippen LogP contribution in [0.1, 0.15) is 5.69 Å². The lowest BCUT2D eigenvalue weighted by atomic mass is 9.96. The van der Waals surface area contributed by atoms with Crippen molar-refractivity contribution in [3.05, 3.63) is 42.2 Å². The van der Waals surface area contributed by atoms with Crippen molar-refractivity contribution in [2.45, 2.75) is 12.4 Å². The number of H-pyrrole nitrogens is 1. The molecule has 0 atom stereocenters. The zero-order valence-electron chi connectivity index (χ0n) is 16.9. The van der Waals surface area contributed by atoms with E-state index in [-0.39, 0.29) is 38.3 Å². The molecule has 3 aromatic heterocycles. The molecule has 7 nitrogen and oxygen atoms in total. The van der Waals surface area contributed by atoms with E-state index in [4.69, 9.17) is 4.74 Å². The number of nitrogens with one attached hydrogen (secondary N) is 1. The first-order chi connectivity index (χ1) is 16.0. The highest BCUT2D eigenvalue weighted by atomic mass is 19.4. The fourth-order valence-corrected chi connectivity index (χ4v) is 3.92. The second-order valence-electron chi connectivity index (χ2n) is 7.40. The van der Waals surface area contributed by atoms with Crippen molar-refractivity contribution in [1.29, 1.82) is 0 Å². The zero-order valence-corrected chi connectivity index (χ0v) is 16.9. The first-order valence-corrected chi connectivity index (χ1v) is 9.49. The lowest BCUT2D eigenvalue weighted by Gasteiger charge is -2.16. The minimum absolute atomic E-state index is 0.000501. The lowest BCUT2D eigenvalue weighted by Crippen LogP contribution is -2.19. The number of aryl methyl sites for hydroxylation is 1. The summed E-state index contributed by atoms with van der Waals surface area (Å²) < 4.78 is 100. The number of benzene rings is 2. The van der Waals surface area contributed by atoms with Crippen LogP contribution in [-0.4, -0.2) is 42.7 Å². The molecular weight excluding hydrogens is 473 g/mol. The van der Waals surface area contributed by atoms with Crippen molar-refractivity contribution in [3.8, 4) is 17.0 Å². The molecule has 2 aromatic carbocycles. The number of aromatic nitrogens is 6. The summed E-state index contributed by atoms with van der Waals surface area (Å²) in [6, 6.07) is 2.99. The number of pyridine rings is 1. The van der Waals surface area contributed by atoms with E-state index in [9.17, 15) is 30.7 Å². The molecule has 14 heteroatoms. The molecule has 1 N–H and O–H groups in total. The van der Waals surface area contributed by atoms with E-state index in [0.29, 0.717) is 0 Å². The predicted molar refractivity (Wildman–Crippen MR) is 105 cm³/mol. The predicted octanol–water partition coefficient (Wildman–Crippen LogP) is 5.16. The van der Waals surface area contributed by atoms with Gasteiger partial charge in [0, 0.05) is 35.6 Å². The number of rotatable bonds is 3. The topological polar surface area (TPSA) is 81.5 Å². The van der Waals surface area contributed by atoms with E-state index in [0.717, 1.165) is 12.1 Å². The molecule has 0 amide bonds. The largest absolute Gasteiger partial charge is 0.483 e. The third-order valence-corrected chi connectivity index (χ3v) is 5.16. The monoisotopic (exact) mass is 484 g/mol. The summed E-state index contributed by atoms with van der Waals surface area (Å²) >= 11 is 0. The van der Waals surface area contributed by atoms with Gasteiger partial charge in [0.25, 0.3) is 0 Å². The van der Waals surface area contributed by atoms with Crippen LogP contribution in [0.25, 0.3) is 44.0 Å². The molecule has 0 aliphatic carbocycles. The third-order valence-electron chi connectivity index (χ3n) is 5.16. The number of halogens is 7. The van der Waals surface area contributed by atoms with Gasteiger partial charge in [-0.25, -0.2) is 9.37 Å². The van der Waals surface area contributed by atoms with E-state index >= 15 is 0 Å². The van der Waals surface area contributed by atoms with E-state index in [1.165, 1.54) is 23.2 Å². The van der Waals surface area contributed by atoms with Crippen LogP contribution in [0.5, 0.6) is 5.75 Å². The second-order valence-corrected chi connectivity index (χ2v) is 7.40. The summed E-state index contributed by atoms with van der Waals surface area (Å²) in [7, 11) is 1.56. The summed E-state index contributed by atoms with van der Waals surface area (Å²) in [5, 5.41) is 8.62. The standard InChI is InChI=1S/C20H11F7N6O/c1-33-7-29-16-15-12(9(2-3-28-15)14-18(20(25,26)27)31-32-30-14)10-4-8(21)5-11(13(10)17(16)33)34-6-19(22,23)24/h2-5,7H,6H2,1H3,(H,30,31,32). The molecule has 0 spiro atoms. The Bertz CT molecular complexity index is 1570. The number of ether oxygens (including phenoxy) is 1. The van der Waals surface area contributed by atoms with Crippen molar-refractivity contribution in [3.63, 3.8) is 0 Å². The number of imidazole rings is 1. The first-order valence-electron chi connectivity index (χ1n) is 9.49. The lowest BCUT2D eigenvalue weighted by molar-refractivity contribution is -0.153. The summed E-state index contributed by atoms with van der Waals surface area (Å²) in [5.74, 6) is -1.41. The normalized spacial score (nSPS) is 12.8. The van der Waals surface area contributed by atoms with Gasteiger partial charge in [0.05, 0.1) is 22.7 Å². The molecule has 0 unspecified atom stereocenters. The van der Waals surface area contributed by atoms with Crippen LogP contribution in [0.4, 0.5) is 30.7 Å². The van der Waals surface area contributed by atoms with Crippen LogP contribution in [0.2, 0.25) is 0 Å². The number of fused-ring (bicyclic) bond motifs is 6. The molecule has 5 aromatic rings. The van der Waals surface area contributed by atoms with E-state index < -0.39 is 41.9 Å². The Morgan fingerprint density at radius 2 is 1.79 bits per heavy atom. The van der Waals surface area contributed by atoms with Gasteiger partial charge >= 0.3 is 12.4 Å². The van der Waals surface area contributed by atoms with Gasteiger partial charge in [0.2, 0.25) is 0 Å². The van der Waals surface area contributed by atoms with Gasteiger partial charge in [-0.05, 0) is 12.1 Å². The van der Waals surface area contributed by atoms with E-state index in [1.54, 1.807) is 7.05 Å². The molecule has 5 rings (SSSR count). The summed E-state index contributed by atoms with van der Waals surface area (Å²) in [4.78, 5) is 8.45. The Labute approximate surface area is 184 Å². The highest BCUT2D eigenvalue weighted by molar-refractivity contribution is 6.26. The Hall–Kier alpha value is -3.97. The van der Waals surface area contributed by atoms with Crippen LogP contribution >= 0.6 is 0 Å². The molecule has 0 aliphatic heterocycles. The van der Waals surface area contributed by atoms with Gasteiger partial charge in [-0.3, -0.25) is 10.1 Å². The fraction of sp³-hybridized carbons (Fsp3) is 0.200. The summed E-state index contributed by atoms with van der Waals surface area (Å²) in [6.07, 6.45) is -6.97. The second kappa shape index (κ2) is 7.27. The van der Waals surface area contributed by atoms with Crippen molar-refractivity contribution in [2.75, 3.05) is 6.61 Å². The number of nitrogens with zero attached hydrogens (tertiary/aromatic N) is 5. The third kappa shape index (κ3) is 3.45. The quantitative estimate of drug-likeness (QED) is 0.283. The van der Waals surface area contributed by atoms with Crippen molar-refractivity contribution < 1.29 is 35.5 Å². The fourth-order valence-electron chi connectivity index (χ4n) is 3.92. The molecule has 176 valence electrons. The summed E-state index contributed by atoms with van der Waals surface area (Å²) in [6.45, 7) is -1.70. The Morgan fingerprint density at radius 1 is 1.03 bits per heavy atom. The van der Waals surface area contributed by atoms with Gasteiger partial charge in [-0.15, -0.1) is 5.10 Å². The minimum Gasteiger partial charge on any atom is -0.483 e. The molecule has 0 radical (unpaired) electrons. The average Bonchev–Trinajstić information content (AvgIpc) is 3.38. The molecule has 0 saturated carbocycles. The SMILES string of the molecule is Cn1cnc2c3nccc(-c4nn[nH]c4C(F)(F)F)c3c3cc(F)cc(OCC(F)(F)F)c3c21. The molecular formula is C20H11F7N6O. The number of alkyl halides is 6. The van der Waals surface area contributed by atoms with Gasteiger partial charge in [0.15, 0.2) is 12.3 Å². The van der Waals surface area contributed by atoms with Gasteiger partial charge in [-0.2, -0.15) is 26.3 Å². The van der Waals surface area contributed by atoms with E-state index in [2.05, 4.69) is 20.3 Å². The van der Waals surface area contributed by atoms with Crippen LogP contribution in [0, 0.1) is 5.82 Å². The average molecular weight is 484 g/mol. The Morgan fingerprint density at radius 3 is 2.50 bits per heavy atom. The number of hydrogen-bond acceptors (Lipinski definition) is 5. The molecule has 0 saturated heterocycles. The zero-order chi connectivity index (χ0) is 24.4. The minimum atomic E-state index is -4.84. The molecule has 0 bridgehead atoms. The van der Waals surface area contributed by atoms with Crippen LogP contribution in [0.15, 0.2) is 30.7 Å². The Kier molecular flexibility index (Phi) is 4.67. The van der Waals surface area contributed by atoms with E-state index in [1.807, 2.05) is 5.10 Å². The molecule has 3 heterocycles. The summed E-state index contributed by atoms with van der Waals surface area (Å²) in [5.41, 5.74) is -1.41. The smallest absolute Gasteiger partial charge is 0.435 e. The van der Waals surface area contributed by atoms with Gasteiger partial charge in [-0.1, -0.05) is 5.21 Å². The van der Waals surface area contributed by atoms with Crippen LogP contribution in [-0.2, 0) is 13.2 Å². The highest BCUT2D eigenvalue weighted by Crippen LogP contribution is 2.44. The van der Waals surface area contributed by atoms with Gasteiger partial charge < -0.3 is 9.30 Å². The molecule has 0 aliphatic rings. The number of aromatic amines is 1. The maximum Gasteiger partial charge on any atom is 0.435 e. The van der Waals surface area contributed by atoms with Crippen LogP contribution in [0.3, 0.4) is 0 Å². The van der Waals surface area contributed by atoms with Crippen molar-refractivity contribution in [1.82, 2.24) is 29.9 Å². The van der Waals surface area contributed by atoms with Crippen molar-refractivity contribution >= 4 is 32.7 Å². The highest BCUT2D eigenvalue weighted by Gasteiger charge is 2.38. The maximum atomic E-state index is 14.6. The van der Waals surface area contributed by atoms with Crippen LogP contribution < -0.4 is 4.74 Å². The van der Waals surface area contributed by atoms with Gasteiger partial charge in [0.1, 0.15) is 22.8 Å². The maximum absolute atomic E-state index is 14.6. The molecule has 0 fully saturated rings. The Balaban J connectivity index is 1.95. The first kappa shape index (κ1) is 21.9. The number of hydrogen-bond donors (Lipinski definition) is 1. The molecule has 34 heavy (non-hydrogen) atoms.